The lowest BCUT2D eigenvalue weighted by Gasteiger charge is -2.36. The molecule has 0 aliphatic rings. The minimum absolute atomic E-state index is 0.122. The Morgan fingerprint density at radius 1 is 1.19 bits per heavy atom. The highest BCUT2D eigenvalue weighted by atomic mass is 35.5. The molecule has 0 N–H and O–H groups in total. The molecule has 0 radical (unpaired) electrons. The summed E-state index contributed by atoms with van der Waals surface area (Å²) in [5.74, 6) is 0. The lowest BCUT2D eigenvalue weighted by molar-refractivity contribution is 0.257. The van der Waals surface area contributed by atoms with Crippen molar-refractivity contribution in [2.75, 3.05) is 34.0 Å². The van der Waals surface area contributed by atoms with Crippen LogP contribution in [0.15, 0.2) is 30.5 Å². The van der Waals surface area contributed by atoms with Gasteiger partial charge in [0.25, 0.3) is 0 Å². The zero-order valence-electron chi connectivity index (χ0n) is 23.5. The summed E-state index contributed by atoms with van der Waals surface area (Å²) in [5.41, 5.74) is 3.87. The molecule has 1 atom stereocenters. The molecule has 0 aliphatic heterocycles. The average molecular weight is 549 g/mol. The molecule has 2 heterocycles. The molecule has 36 heavy (non-hydrogen) atoms. The summed E-state index contributed by atoms with van der Waals surface area (Å²) >= 11 is 6.31. The van der Waals surface area contributed by atoms with Crippen LogP contribution in [-0.4, -0.2) is 62.0 Å². The molecule has 0 amide bonds. The smallest absolute Gasteiger partial charge is 0.191 e. The zero-order chi connectivity index (χ0) is 27.1. The number of benzene rings is 1. The van der Waals surface area contributed by atoms with Crippen molar-refractivity contribution in [1.82, 2.24) is 19.7 Å². The lowest BCUT2D eigenvalue weighted by Crippen LogP contribution is -2.41. The number of hydrogen-bond acceptors (Lipinski definition) is 5. The molecule has 1 aromatic carbocycles. The van der Waals surface area contributed by atoms with Gasteiger partial charge in [-0.3, -0.25) is 4.68 Å². The first-order valence-corrected chi connectivity index (χ1v) is 18.4. The third kappa shape index (κ3) is 6.49. The van der Waals surface area contributed by atoms with Crippen molar-refractivity contribution in [3.8, 4) is 11.3 Å². The van der Waals surface area contributed by atoms with E-state index in [9.17, 15) is 4.57 Å². The lowest BCUT2D eigenvalue weighted by atomic mass is 10.1. The maximum absolute atomic E-state index is 13.0. The van der Waals surface area contributed by atoms with Crippen molar-refractivity contribution < 1.29 is 8.99 Å². The van der Waals surface area contributed by atoms with E-state index in [1.807, 2.05) is 45.6 Å². The highest BCUT2D eigenvalue weighted by Gasteiger charge is 2.37. The molecule has 3 rings (SSSR count). The molecule has 0 bridgehead atoms. The van der Waals surface area contributed by atoms with E-state index in [2.05, 4.69) is 61.4 Å². The van der Waals surface area contributed by atoms with E-state index in [0.717, 1.165) is 39.4 Å². The number of halogens is 1. The van der Waals surface area contributed by atoms with Crippen LogP contribution in [0.25, 0.3) is 22.2 Å². The van der Waals surface area contributed by atoms with Gasteiger partial charge in [-0.2, -0.15) is 5.10 Å². The Hall–Kier alpha value is -1.50. The fourth-order valence-electron chi connectivity index (χ4n) is 4.11. The molecule has 0 unspecified atom stereocenters. The summed E-state index contributed by atoms with van der Waals surface area (Å²) in [6.07, 6.45) is 2.65. The first-order valence-electron chi connectivity index (χ1n) is 12.5. The topological polar surface area (TPSA) is 60.3 Å². The third-order valence-electron chi connectivity index (χ3n) is 7.20. The van der Waals surface area contributed by atoms with Crippen LogP contribution in [0.1, 0.15) is 45.7 Å². The van der Waals surface area contributed by atoms with Gasteiger partial charge < -0.3 is 13.9 Å². The summed E-state index contributed by atoms with van der Waals surface area (Å²) in [7, 11) is -0.183. The molecule has 2 aromatic heterocycles. The summed E-state index contributed by atoms with van der Waals surface area (Å²) in [5, 5.41) is 7.56. The number of nitrogens with zero attached hydrogens (tertiary/aromatic N) is 4. The van der Waals surface area contributed by atoms with Gasteiger partial charge in [0, 0.05) is 41.7 Å². The molecular formula is C27H42ClN4O2PSi. The molecule has 0 fully saturated rings. The van der Waals surface area contributed by atoms with E-state index in [4.69, 9.17) is 21.1 Å². The second-order valence-corrected chi connectivity index (χ2v) is 20.4. The highest BCUT2D eigenvalue weighted by Crippen LogP contribution is 2.39. The van der Waals surface area contributed by atoms with Crippen LogP contribution in [0.2, 0.25) is 23.3 Å². The summed E-state index contributed by atoms with van der Waals surface area (Å²) < 4.78 is 21.5. The van der Waals surface area contributed by atoms with Gasteiger partial charge in [-0.25, -0.2) is 4.98 Å². The van der Waals surface area contributed by atoms with Crippen LogP contribution < -0.4 is 5.30 Å². The molecule has 0 saturated carbocycles. The van der Waals surface area contributed by atoms with Crippen molar-refractivity contribution in [3.63, 3.8) is 0 Å². The Bertz CT molecular complexity index is 1280. The minimum atomic E-state index is -2.42. The second kappa shape index (κ2) is 10.7. The monoisotopic (exact) mass is 548 g/mol. The van der Waals surface area contributed by atoms with Crippen molar-refractivity contribution in [1.29, 1.82) is 0 Å². The van der Waals surface area contributed by atoms with Gasteiger partial charge in [0.1, 0.15) is 18.0 Å². The number of aromatic nitrogens is 3. The highest BCUT2D eigenvalue weighted by molar-refractivity contribution is 7.70. The molecule has 198 valence electrons. The van der Waals surface area contributed by atoms with Gasteiger partial charge in [-0.05, 0) is 70.5 Å². The Balaban J connectivity index is 2.01. The average Bonchev–Trinajstić information content (AvgIpc) is 3.10. The van der Waals surface area contributed by atoms with Gasteiger partial charge in [-0.15, -0.1) is 0 Å². The summed E-state index contributed by atoms with van der Waals surface area (Å²) in [6, 6.07) is 8.16. The van der Waals surface area contributed by atoms with Crippen LogP contribution in [0.3, 0.4) is 0 Å². The standard InChI is InChI=1S/C27H42ClN4O2PSi/c1-19(13-14-34-36(9,10)27(2,3)4)32-23-16-25(28)29-17-22(23)26(30-32)20-11-12-24(35(7,8)33)21(15-20)18-31(5)6/h11-12,15-17,19H,13-14,18H2,1-10H3/t19-/m0/s1. The molecular weight excluding hydrogens is 507 g/mol. The van der Waals surface area contributed by atoms with Gasteiger partial charge in [0.2, 0.25) is 0 Å². The Morgan fingerprint density at radius 3 is 2.44 bits per heavy atom. The van der Waals surface area contributed by atoms with Crippen molar-refractivity contribution in [2.45, 2.75) is 64.8 Å². The first-order chi connectivity index (χ1) is 16.5. The van der Waals surface area contributed by atoms with E-state index < -0.39 is 15.5 Å². The van der Waals surface area contributed by atoms with Gasteiger partial charge in [0.15, 0.2) is 8.32 Å². The maximum atomic E-state index is 13.0. The maximum Gasteiger partial charge on any atom is 0.191 e. The van der Waals surface area contributed by atoms with E-state index in [0.29, 0.717) is 18.3 Å². The van der Waals surface area contributed by atoms with Gasteiger partial charge >= 0.3 is 0 Å². The molecule has 9 heteroatoms. The fraction of sp³-hybridized carbons (Fsp3) is 0.556. The Labute approximate surface area is 222 Å². The van der Waals surface area contributed by atoms with E-state index >= 15 is 0 Å². The first kappa shape index (κ1) is 29.1. The van der Waals surface area contributed by atoms with E-state index in [1.54, 1.807) is 6.20 Å². The predicted octanol–water partition coefficient (Wildman–Crippen LogP) is 7.03. The normalized spacial score (nSPS) is 14.1. The van der Waals surface area contributed by atoms with Crippen LogP contribution >= 0.6 is 18.7 Å². The molecule has 0 saturated heterocycles. The van der Waals surface area contributed by atoms with Gasteiger partial charge in [-0.1, -0.05) is 44.5 Å². The Morgan fingerprint density at radius 2 is 1.86 bits per heavy atom. The number of fused-ring (bicyclic) bond motifs is 1. The van der Waals surface area contributed by atoms with Crippen molar-refractivity contribution in [3.05, 3.63) is 41.2 Å². The summed E-state index contributed by atoms with van der Waals surface area (Å²) in [6.45, 7) is 18.6. The molecule has 0 aliphatic carbocycles. The number of hydrogen-bond donors (Lipinski definition) is 0. The van der Waals surface area contributed by atoms with Crippen LogP contribution in [-0.2, 0) is 15.5 Å². The predicted molar refractivity (Wildman–Crippen MR) is 157 cm³/mol. The molecule has 6 nitrogen and oxygen atoms in total. The molecule has 0 spiro atoms. The zero-order valence-corrected chi connectivity index (χ0v) is 26.2. The third-order valence-corrected chi connectivity index (χ3v) is 13.5. The van der Waals surface area contributed by atoms with Crippen molar-refractivity contribution in [2.24, 2.45) is 0 Å². The number of rotatable bonds is 9. The second-order valence-electron chi connectivity index (χ2n) is 12.0. The van der Waals surface area contributed by atoms with Crippen molar-refractivity contribution >= 4 is 43.3 Å². The van der Waals surface area contributed by atoms with Crippen LogP contribution in [0.4, 0.5) is 0 Å². The quantitative estimate of drug-likeness (QED) is 0.163. The fourth-order valence-corrected chi connectivity index (χ4v) is 6.58. The van der Waals surface area contributed by atoms with E-state index in [1.165, 1.54) is 0 Å². The Kier molecular flexibility index (Phi) is 8.64. The van der Waals surface area contributed by atoms with E-state index in [-0.39, 0.29) is 11.1 Å². The van der Waals surface area contributed by atoms with Crippen LogP contribution in [0, 0.1) is 0 Å². The van der Waals surface area contributed by atoms with Crippen LogP contribution in [0.5, 0.6) is 0 Å². The number of pyridine rings is 1. The SMILES string of the molecule is C[C@@H](CCO[Si](C)(C)C(C)(C)C)n1nc(-c2ccc(P(C)(C)=O)c(CN(C)C)c2)c2cnc(Cl)cc21. The largest absolute Gasteiger partial charge is 0.417 e. The minimum Gasteiger partial charge on any atom is -0.417 e. The molecule has 3 aromatic rings. The summed E-state index contributed by atoms with van der Waals surface area (Å²) in [4.78, 5) is 6.45. The van der Waals surface area contributed by atoms with Gasteiger partial charge in [0.05, 0.1) is 11.6 Å².